The molecule has 0 amide bonds. The molecule has 64 valence electrons. The van der Waals surface area contributed by atoms with E-state index in [2.05, 4.69) is 4.12 Å². The van der Waals surface area contributed by atoms with Gasteiger partial charge < -0.3 is 32.9 Å². The molecule has 0 spiro atoms. The van der Waals surface area contributed by atoms with Crippen molar-refractivity contribution in [2.45, 2.75) is 0 Å². The fourth-order valence-corrected chi connectivity index (χ4v) is 1.65. The van der Waals surface area contributed by atoms with E-state index >= 15 is 0 Å². The molecular weight excluding hydrogens is 457 g/mol. The van der Waals surface area contributed by atoms with Crippen molar-refractivity contribution in [2.24, 2.45) is 0 Å². The Kier molecular flexibility index (Phi) is 12.7. The summed E-state index contributed by atoms with van der Waals surface area (Å²) in [4.78, 5) is 47.6. The van der Waals surface area contributed by atoms with Crippen LogP contribution in [0.15, 0.2) is 0 Å². The minimum atomic E-state index is -4.98. The van der Waals surface area contributed by atoms with Crippen molar-refractivity contribution < 1.29 is 115 Å². The average molecular weight is 463 g/mol. The third kappa shape index (κ3) is 19.3. The van der Waals surface area contributed by atoms with Crippen LogP contribution in [-0.2, 0) is 4.12 Å². The molecule has 0 aliphatic heterocycles. The maximum Gasteiger partial charge on any atom is 0.665 e. The van der Waals surface area contributed by atoms with Crippen LogP contribution in [0.2, 0.25) is 0 Å². The van der Waals surface area contributed by atoms with Crippen LogP contribution >= 0.6 is 0 Å². The average Bonchev–Trinajstić information content (AvgIpc) is 1.14. The largest absolute Gasteiger partial charge is 0.665 e. The zero-order valence-corrected chi connectivity index (χ0v) is 13.5. The van der Waals surface area contributed by atoms with E-state index in [0.717, 1.165) is 0 Å². The number of rotatable bonds is 2. The van der Waals surface area contributed by atoms with E-state index < -0.39 is 18.1 Å². The molecular formula is H6Nd2O7Si2. The first-order valence-corrected chi connectivity index (χ1v) is 5.25. The molecule has 0 bridgehead atoms. The zero-order chi connectivity index (χ0) is 7.71. The van der Waals surface area contributed by atoms with Gasteiger partial charge in [0, 0.05) is 81.7 Å². The molecule has 11 heavy (non-hydrogen) atoms. The number of hydrogen-bond acceptors (Lipinski definition) is 7. The van der Waals surface area contributed by atoms with Gasteiger partial charge in [0.25, 0.3) is 0 Å². The Morgan fingerprint density at radius 2 is 0.818 bits per heavy atom. The van der Waals surface area contributed by atoms with E-state index in [-0.39, 0.29) is 81.7 Å². The predicted molar refractivity (Wildman–Crippen MR) is 25.9 cm³/mol. The standard InChI is InChI=1S/2Nd.H6O7Si2/c;;1-8(2,3)7-9(4,5)6/h;;1-6H. The van der Waals surface area contributed by atoms with Crippen LogP contribution < -0.4 is 0 Å². The smallest absolute Gasteiger partial charge is 0.368 e. The van der Waals surface area contributed by atoms with Crippen LogP contribution in [0.25, 0.3) is 0 Å². The summed E-state index contributed by atoms with van der Waals surface area (Å²) in [6.07, 6.45) is 0. The Hall–Kier alpha value is 2.86. The first kappa shape index (κ1) is 19.4. The zero-order valence-electron chi connectivity index (χ0n) is 5.09. The summed E-state index contributed by atoms with van der Waals surface area (Å²) in [6, 6.07) is 0. The molecule has 0 aliphatic carbocycles. The maximum atomic E-state index is 7.94. The fourth-order valence-electron chi connectivity index (χ4n) is 0.184. The Morgan fingerprint density at radius 3 is 0.818 bits per heavy atom. The van der Waals surface area contributed by atoms with Gasteiger partial charge in [-0.05, 0) is 0 Å². The molecule has 6 N–H and O–H groups in total. The van der Waals surface area contributed by atoms with Crippen LogP contribution in [0.5, 0.6) is 0 Å². The summed E-state index contributed by atoms with van der Waals surface area (Å²) in [5.74, 6) is 0. The van der Waals surface area contributed by atoms with Crippen LogP contribution in [0.1, 0.15) is 0 Å². The van der Waals surface area contributed by atoms with Crippen molar-refractivity contribution in [1.82, 2.24) is 0 Å². The molecule has 0 aromatic rings. The Labute approximate surface area is 130 Å². The van der Waals surface area contributed by atoms with E-state index in [4.69, 9.17) is 28.8 Å². The normalized spacial score (nSPS) is 11.5. The summed E-state index contributed by atoms with van der Waals surface area (Å²) in [6.45, 7) is 0. The van der Waals surface area contributed by atoms with Gasteiger partial charge in [-0.3, -0.25) is 0 Å². The minimum absolute atomic E-state index is 0. The maximum absolute atomic E-state index is 7.94. The summed E-state index contributed by atoms with van der Waals surface area (Å²) < 4.78 is 3.24. The van der Waals surface area contributed by atoms with E-state index in [9.17, 15) is 0 Å². The molecule has 0 saturated carbocycles. The number of hydrogen-bond donors (Lipinski definition) is 6. The van der Waals surface area contributed by atoms with Gasteiger partial charge in [-0.25, -0.2) is 0 Å². The van der Waals surface area contributed by atoms with E-state index in [1.54, 1.807) is 0 Å². The van der Waals surface area contributed by atoms with Gasteiger partial charge in [0.15, 0.2) is 0 Å². The van der Waals surface area contributed by atoms with E-state index in [1.165, 1.54) is 0 Å². The van der Waals surface area contributed by atoms with Crippen molar-refractivity contribution in [3.05, 3.63) is 0 Å². The predicted octanol–water partition coefficient (Wildman–Crippen LogP) is -4.17. The van der Waals surface area contributed by atoms with Crippen LogP contribution in [0, 0.1) is 81.7 Å². The monoisotopic (exact) mass is 458 g/mol. The topological polar surface area (TPSA) is 131 Å². The van der Waals surface area contributed by atoms with Crippen LogP contribution in [-0.4, -0.2) is 46.9 Å². The molecule has 0 rings (SSSR count). The van der Waals surface area contributed by atoms with E-state index in [1.807, 2.05) is 0 Å². The molecule has 0 aliphatic rings. The van der Waals surface area contributed by atoms with Gasteiger partial charge in [0.05, 0.1) is 0 Å². The molecule has 0 unspecified atom stereocenters. The molecule has 0 aromatic carbocycles. The molecule has 0 fully saturated rings. The molecule has 0 radical (unpaired) electrons. The third-order valence-electron chi connectivity index (χ3n) is 0.274. The minimum Gasteiger partial charge on any atom is -0.368 e. The first-order valence-electron chi connectivity index (χ1n) is 1.75. The molecule has 11 heteroatoms. The quantitative estimate of drug-likeness (QED) is 0.230. The Morgan fingerprint density at radius 1 is 0.636 bits per heavy atom. The van der Waals surface area contributed by atoms with Crippen molar-refractivity contribution in [3.63, 3.8) is 0 Å². The van der Waals surface area contributed by atoms with Gasteiger partial charge in [0.1, 0.15) is 0 Å². The molecule has 7 nitrogen and oxygen atoms in total. The van der Waals surface area contributed by atoms with E-state index in [0.29, 0.717) is 0 Å². The van der Waals surface area contributed by atoms with Gasteiger partial charge in [-0.2, -0.15) is 0 Å². The van der Waals surface area contributed by atoms with Gasteiger partial charge >= 0.3 is 18.1 Å². The van der Waals surface area contributed by atoms with Crippen molar-refractivity contribution in [1.29, 1.82) is 0 Å². The summed E-state index contributed by atoms with van der Waals surface area (Å²) in [5.41, 5.74) is 0. The molecule has 0 heterocycles. The summed E-state index contributed by atoms with van der Waals surface area (Å²) in [5, 5.41) is 0. The Balaban J connectivity index is -0.000000320. The summed E-state index contributed by atoms with van der Waals surface area (Å²) in [7, 11) is -9.96. The molecule has 0 atom stereocenters. The second kappa shape index (κ2) is 7.19. The van der Waals surface area contributed by atoms with Crippen molar-refractivity contribution >= 4 is 18.1 Å². The fraction of sp³-hybridized carbons (Fsp3) is 0. The third-order valence-corrected chi connectivity index (χ3v) is 2.46. The van der Waals surface area contributed by atoms with Gasteiger partial charge in [-0.1, -0.05) is 0 Å². The Bertz CT molecular complexity index is 79.6. The van der Waals surface area contributed by atoms with Crippen molar-refractivity contribution in [3.8, 4) is 0 Å². The van der Waals surface area contributed by atoms with Crippen LogP contribution in [0.3, 0.4) is 0 Å². The molecule has 0 aromatic heterocycles. The molecule has 0 saturated heterocycles. The SMILES string of the molecule is O[Si](O)(O)O[Si](O)(O)O.[Nd].[Nd]. The second-order valence-electron chi connectivity index (χ2n) is 1.25. The van der Waals surface area contributed by atoms with Gasteiger partial charge in [0.2, 0.25) is 0 Å². The first-order chi connectivity index (χ1) is 3.71. The van der Waals surface area contributed by atoms with Crippen molar-refractivity contribution in [2.75, 3.05) is 0 Å². The van der Waals surface area contributed by atoms with Gasteiger partial charge in [-0.15, -0.1) is 0 Å². The second-order valence-corrected chi connectivity index (χ2v) is 4.36. The van der Waals surface area contributed by atoms with Crippen LogP contribution in [0.4, 0.5) is 0 Å². The summed E-state index contributed by atoms with van der Waals surface area (Å²) >= 11 is 0.